The molecule has 0 amide bonds. The third kappa shape index (κ3) is 3.18. The van der Waals surface area contributed by atoms with E-state index in [0.717, 1.165) is 50.7 Å². The first-order valence-electron chi connectivity index (χ1n) is 10.3. The zero-order valence-corrected chi connectivity index (χ0v) is 18.0. The molecule has 0 atom stereocenters. The number of aromatic nitrogens is 5. The molecule has 1 fully saturated rings. The van der Waals surface area contributed by atoms with Gasteiger partial charge in [-0.3, -0.25) is 9.67 Å². The fourth-order valence-corrected chi connectivity index (χ4v) is 4.63. The molecule has 0 saturated carbocycles. The van der Waals surface area contributed by atoms with Crippen LogP contribution in [0.4, 0.5) is 4.39 Å². The Bertz CT molecular complexity index is 1440. The number of pyridine rings is 1. The van der Waals surface area contributed by atoms with Gasteiger partial charge in [0.15, 0.2) is 5.76 Å². The zero-order chi connectivity index (χ0) is 21.7. The lowest BCUT2D eigenvalue weighted by Gasteiger charge is -2.24. The van der Waals surface area contributed by atoms with Crippen LogP contribution in [0.3, 0.4) is 0 Å². The van der Waals surface area contributed by atoms with Gasteiger partial charge in [-0.2, -0.15) is 16.9 Å². The van der Waals surface area contributed by atoms with Crippen molar-refractivity contribution < 1.29 is 8.81 Å². The number of fused-ring (bicyclic) bond motifs is 1. The van der Waals surface area contributed by atoms with Crippen molar-refractivity contribution in [3.8, 4) is 34.0 Å². The summed E-state index contributed by atoms with van der Waals surface area (Å²) >= 11 is 1.90. The van der Waals surface area contributed by atoms with E-state index in [4.69, 9.17) is 9.52 Å². The minimum absolute atomic E-state index is 0.278. The molecule has 1 aromatic carbocycles. The van der Waals surface area contributed by atoms with Crippen molar-refractivity contribution in [3.63, 3.8) is 0 Å². The highest BCUT2D eigenvalue weighted by atomic mass is 32.2. The Morgan fingerprint density at radius 1 is 1.03 bits per heavy atom. The van der Waals surface area contributed by atoms with Crippen LogP contribution in [0.1, 0.15) is 11.6 Å². The van der Waals surface area contributed by atoms with Gasteiger partial charge in [-0.25, -0.2) is 14.4 Å². The van der Waals surface area contributed by atoms with E-state index in [9.17, 15) is 4.39 Å². The molecule has 0 bridgehead atoms. The minimum atomic E-state index is -0.278. The van der Waals surface area contributed by atoms with Gasteiger partial charge >= 0.3 is 0 Å². The van der Waals surface area contributed by atoms with Crippen LogP contribution in [-0.2, 0) is 0 Å². The van der Waals surface area contributed by atoms with Crippen molar-refractivity contribution in [3.05, 3.63) is 72.6 Å². The van der Waals surface area contributed by atoms with E-state index < -0.39 is 0 Å². The molecule has 1 aliphatic heterocycles. The van der Waals surface area contributed by atoms with Crippen molar-refractivity contribution >= 4 is 22.9 Å². The second kappa shape index (κ2) is 7.56. The van der Waals surface area contributed by atoms with Crippen LogP contribution in [0.5, 0.6) is 0 Å². The van der Waals surface area contributed by atoms with Gasteiger partial charge in [0, 0.05) is 35.0 Å². The molecular formula is C24H18FN5OS. The van der Waals surface area contributed by atoms with E-state index in [1.54, 1.807) is 18.3 Å². The number of benzene rings is 1. The summed E-state index contributed by atoms with van der Waals surface area (Å²) in [5.41, 5.74) is 5.48. The Morgan fingerprint density at radius 3 is 2.62 bits per heavy atom. The normalized spacial score (nSPS) is 14.1. The fraction of sp³-hybridized carbons (Fsp3) is 0.167. The maximum atomic E-state index is 13.6. The van der Waals surface area contributed by atoms with Gasteiger partial charge in [-0.1, -0.05) is 6.07 Å². The molecule has 6 rings (SSSR count). The van der Waals surface area contributed by atoms with E-state index >= 15 is 0 Å². The third-order valence-corrected chi connectivity index (χ3v) is 6.91. The number of nitrogens with zero attached hydrogens (tertiary/aromatic N) is 5. The first-order valence-corrected chi connectivity index (χ1v) is 11.4. The highest BCUT2D eigenvalue weighted by Crippen LogP contribution is 2.39. The third-order valence-electron chi connectivity index (χ3n) is 5.67. The Hall–Kier alpha value is -3.52. The Morgan fingerprint density at radius 2 is 1.88 bits per heavy atom. The number of hydrogen-bond donors (Lipinski definition) is 0. The van der Waals surface area contributed by atoms with Gasteiger partial charge < -0.3 is 4.42 Å². The molecule has 0 N–H and O–H groups in total. The van der Waals surface area contributed by atoms with E-state index in [1.165, 1.54) is 18.5 Å². The second-order valence-corrected chi connectivity index (χ2v) is 8.87. The Kier molecular flexibility index (Phi) is 4.53. The summed E-state index contributed by atoms with van der Waals surface area (Å²) in [6, 6.07) is 12.6. The predicted molar refractivity (Wildman–Crippen MR) is 123 cm³/mol. The molecule has 158 valence electrons. The topological polar surface area (TPSA) is 69.6 Å². The Balaban J connectivity index is 1.54. The standard InChI is InChI=1S/C24H18FN5OS/c1-14-3-2-8-26-21(14)20-9-18-23(27-13-28-24(18)31-20)19-10-30(17-11-32-12-17)29-22(19)15-4-6-16(25)7-5-15/h2-10,13,17H,11-12H2,1H3. The summed E-state index contributed by atoms with van der Waals surface area (Å²) in [5.74, 6) is 2.42. The summed E-state index contributed by atoms with van der Waals surface area (Å²) in [6.45, 7) is 2.00. The molecule has 5 heterocycles. The van der Waals surface area contributed by atoms with Crippen LogP contribution in [0.2, 0.25) is 0 Å². The minimum Gasteiger partial charge on any atom is -0.436 e. The lowest BCUT2D eigenvalue weighted by Crippen LogP contribution is -2.23. The van der Waals surface area contributed by atoms with Crippen molar-refractivity contribution in [2.24, 2.45) is 0 Å². The van der Waals surface area contributed by atoms with Gasteiger partial charge in [-0.05, 0) is 48.9 Å². The highest BCUT2D eigenvalue weighted by molar-refractivity contribution is 8.00. The number of rotatable bonds is 4. The van der Waals surface area contributed by atoms with Gasteiger partial charge in [0.1, 0.15) is 23.5 Å². The number of aryl methyl sites for hydroxylation is 1. The maximum Gasteiger partial charge on any atom is 0.230 e. The number of furan rings is 1. The van der Waals surface area contributed by atoms with Crippen molar-refractivity contribution in [1.29, 1.82) is 0 Å². The Labute approximate surface area is 187 Å². The number of halogens is 1. The fourth-order valence-electron chi connectivity index (χ4n) is 3.88. The molecule has 4 aromatic heterocycles. The average Bonchev–Trinajstić information content (AvgIpc) is 3.38. The molecule has 1 saturated heterocycles. The van der Waals surface area contributed by atoms with Crippen molar-refractivity contribution in [2.75, 3.05) is 11.5 Å². The summed E-state index contributed by atoms with van der Waals surface area (Å²) < 4.78 is 21.6. The van der Waals surface area contributed by atoms with Gasteiger partial charge in [0.25, 0.3) is 0 Å². The van der Waals surface area contributed by atoms with Gasteiger partial charge in [-0.15, -0.1) is 0 Å². The highest BCUT2D eigenvalue weighted by Gasteiger charge is 2.25. The van der Waals surface area contributed by atoms with Crippen molar-refractivity contribution in [1.82, 2.24) is 24.7 Å². The first-order chi connectivity index (χ1) is 15.7. The van der Waals surface area contributed by atoms with Gasteiger partial charge in [0.2, 0.25) is 5.71 Å². The predicted octanol–water partition coefficient (Wildman–Crippen LogP) is 5.55. The van der Waals surface area contributed by atoms with Crippen LogP contribution < -0.4 is 0 Å². The molecule has 0 radical (unpaired) electrons. The second-order valence-electron chi connectivity index (χ2n) is 7.79. The first kappa shape index (κ1) is 19.2. The number of thioether (sulfide) groups is 1. The SMILES string of the molecule is Cc1cccnc1-c1cc2c(-c3cn(C4CSC4)nc3-c3ccc(F)cc3)ncnc2o1. The summed E-state index contributed by atoms with van der Waals surface area (Å²) in [6.07, 6.45) is 5.28. The van der Waals surface area contributed by atoms with Crippen LogP contribution in [0.25, 0.3) is 45.1 Å². The average molecular weight is 444 g/mol. The summed E-state index contributed by atoms with van der Waals surface area (Å²) in [7, 11) is 0. The lowest BCUT2D eigenvalue weighted by atomic mass is 10.0. The molecule has 8 heteroatoms. The zero-order valence-electron chi connectivity index (χ0n) is 17.2. The van der Waals surface area contributed by atoms with Crippen molar-refractivity contribution in [2.45, 2.75) is 13.0 Å². The van der Waals surface area contributed by atoms with Crippen LogP contribution in [0, 0.1) is 12.7 Å². The van der Waals surface area contributed by atoms with E-state index in [0.29, 0.717) is 17.5 Å². The molecule has 0 unspecified atom stereocenters. The molecule has 5 aromatic rings. The van der Waals surface area contributed by atoms with Crippen LogP contribution in [0.15, 0.2) is 65.6 Å². The monoisotopic (exact) mass is 443 g/mol. The maximum absolute atomic E-state index is 13.6. The molecule has 32 heavy (non-hydrogen) atoms. The lowest BCUT2D eigenvalue weighted by molar-refractivity contribution is 0.528. The quantitative estimate of drug-likeness (QED) is 0.363. The van der Waals surface area contributed by atoms with E-state index in [1.807, 2.05) is 47.8 Å². The van der Waals surface area contributed by atoms with E-state index in [-0.39, 0.29) is 5.82 Å². The summed E-state index contributed by atoms with van der Waals surface area (Å²) in [5, 5.41) is 5.66. The smallest absolute Gasteiger partial charge is 0.230 e. The molecule has 0 aliphatic carbocycles. The number of hydrogen-bond acceptors (Lipinski definition) is 6. The van der Waals surface area contributed by atoms with Crippen LogP contribution in [-0.4, -0.2) is 36.2 Å². The molecule has 0 spiro atoms. The molecule has 1 aliphatic rings. The molecule has 6 nitrogen and oxygen atoms in total. The van der Waals surface area contributed by atoms with Gasteiger partial charge in [0.05, 0.1) is 17.1 Å². The summed E-state index contributed by atoms with van der Waals surface area (Å²) in [4.78, 5) is 13.4. The van der Waals surface area contributed by atoms with E-state index in [2.05, 4.69) is 15.0 Å². The largest absolute Gasteiger partial charge is 0.436 e. The molecular weight excluding hydrogens is 425 g/mol. The van der Waals surface area contributed by atoms with Crippen LogP contribution >= 0.6 is 11.8 Å².